The van der Waals surface area contributed by atoms with Crippen molar-refractivity contribution < 1.29 is 0 Å². The largest absolute Gasteiger partial charge is 0.253 e. The molecule has 9 heavy (non-hydrogen) atoms. The molecule has 0 amide bonds. The minimum Gasteiger partial charge on any atom is -0.253 e. The molecule has 44 valence electrons. The summed E-state index contributed by atoms with van der Waals surface area (Å²) in [5.41, 5.74) is 3.49. The summed E-state index contributed by atoms with van der Waals surface area (Å²) >= 11 is 0. The lowest BCUT2D eigenvalue weighted by atomic mass is 10.0. The Hall–Kier alpha value is -1.11. The van der Waals surface area contributed by atoms with Crippen LogP contribution >= 0.6 is 0 Å². The van der Waals surface area contributed by atoms with Gasteiger partial charge < -0.3 is 0 Å². The Bertz CT molecular complexity index is 274. The van der Waals surface area contributed by atoms with Crippen molar-refractivity contribution in [1.82, 2.24) is 4.98 Å². The van der Waals surface area contributed by atoms with E-state index in [-0.39, 0.29) is 0 Å². The van der Waals surface area contributed by atoms with Crippen molar-refractivity contribution in [1.29, 1.82) is 0 Å². The zero-order valence-corrected chi connectivity index (χ0v) is 5.26. The van der Waals surface area contributed by atoms with E-state index in [1.54, 1.807) is 0 Å². The van der Waals surface area contributed by atoms with Crippen molar-refractivity contribution in [2.45, 2.75) is 6.92 Å². The van der Waals surface area contributed by atoms with Gasteiger partial charge in [-0.1, -0.05) is 12.1 Å². The molecule has 1 aromatic rings. The summed E-state index contributed by atoms with van der Waals surface area (Å²) in [5, 5.41) is 0. The van der Waals surface area contributed by atoms with E-state index in [4.69, 9.17) is 0 Å². The molecule has 0 spiro atoms. The Balaban J connectivity index is 2.63. The van der Waals surface area contributed by atoms with E-state index < -0.39 is 0 Å². The van der Waals surface area contributed by atoms with E-state index in [0.29, 0.717) is 0 Å². The molecule has 0 radical (unpaired) electrons. The lowest BCUT2D eigenvalue weighted by Gasteiger charge is -2.07. The molecule has 1 heteroatoms. The summed E-state index contributed by atoms with van der Waals surface area (Å²) in [4.78, 5) is 4.27. The number of nitrogens with zero attached hydrogens (tertiary/aromatic N) is 1. The number of pyridine rings is 1. The van der Waals surface area contributed by atoms with Crippen LogP contribution in [0.4, 0.5) is 0 Å². The first-order valence-electron chi connectivity index (χ1n) is 3.02. The molecule has 1 aliphatic rings. The third-order valence-corrected chi connectivity index (χ3v) is 1.52. The maximum absolute atomic E-state index is 4.27. The minimum atomic E-state index is 1.10. The molecule has 0 N–H and O–H groups in total. The van der Waals surface area contributed by atoms with Crippen LogP contribution in [0.15, 0.2) is 12.1 Å². The fourth-order valence-electron chi connectivity index (χ4n) is 0.934. The fraction of sp³-hybridized carbons (Fsp3) is 0.125. The third kappa shape index (κ3) is 0.578. The lowest BCUT2D eigenvalue weighted by molar-refractivity contribution is 1.16. The first kappa shape index (κ1) is 4.74. The zero-order chi connectivity index (χ0) is 6.27. The van der Waals surface area contributed by atoms with Crippen LogP contribution in [0.3, 0.4) is 0 Å². The van der Waals surface area contributed by atoms with Crippen LogP contribution in [0, 0.1) is 6.92 Å². The first-order chi connectivity index (χ1) is 4.36. The van der Waals surface area contributed by atoms with Crippen LogP contribution in [0.25, 0.3) is 12.2 Å². The van der Waals surface area contributed by atoms with E-state index in [0.717, 1.165) is 11.4 Å². The van der Waals surface area contributed by atoms with Gasteiger partial charge in [0, 0.05) is 11.3 Å². The van der Waals surface area contributed by atoms with Gasteiger partial charge in [-0.05, 0) is 19.1 Å². The summed E-state index contributed by atoms with van der Waals surface area (Å²) < 4.78 is 0. The average molecular weight is 117 g/mol. The summed E-state index contributed by atoms with van der Waals surface area (Å²) in [6, 6.07) is 4.12. The maximum Gasteiger partial charge on any atom is 0.0705 e. The second-order valence-corrected chi connectivity index (χ2v) is 2.26. The van der Waals surface area contributed by atoms with Gasteiger partial charge in [-0.25, -0.2) is 0 Å². The third-order valence-electron chi connectivity index (χ3n) is 1.52. The number of hydrogen-bond donors (Lipinski definition) is 0. The normalized spacial score (nSPS) is 12.6. The van der Waals surface area contributed by atoms with Gasteiger partial charge in [-0.3, -0.25) is 4.98 Å². The van der Waals surface area contributed by atoms with Crippen LogP contribution in [-0.4, -0.2) is 4.98 Å². The topological polar surface area (TPSA) is 12.9 Å². The number of aromatic nitrogens is 1. The Morgan fingerprint density at radius 3 is 2.56 bits per heavy atom. The lowest BCUT2D eigenvalue weighted by Crippen LogP contribution is -1.94. The van der Waals surface area contributed by atoms with E-state index in [1.165, 1.54) is 5.56 Å². The highest BCUT2D eigenvalue weighted by Gasteiger charge is 2.04. The quantitative estimate of drug-likeness (QED) is 0.513. The molecule has 1 heterocycles. The van der Waals surface area contributed by atoms with Crippen molar-refractivity contribution in [3.63, 3.8) is 0 Å². The van der Waals surface area contributed by atoms with Crippen molar-refractivity contribution in [2.75, 3.05) is 0 Å². The molecule has 0 aliphatic heterocycles. The average Bonchev–Trinajstić information content (AvgIpc) is 1.78. The molecule has 1 aliphatic carbocycles. The van der Waals surface area contributed by atoms with Gasteiger partial charge in [0.15, 0.2) is 0 Å². The minimum absolute atomic E-state index is 1.10. The SMILES string of the molecule is Cc1ccc2c(n1)C=C2. The number of hydrogen-bond acceptors (Lipinski definition) is 1. The predicted molar refractivity (Wildman–Crippen MR) is 37.9 cm³/mol. The molecule has 0 aromatic carbocycles. The van der Waals surface area contributed by atoms with E-state index in [2.05, 4.69) is 17.1 Å². The highest BCUT2D eigenvalue weighted by Crippen LogP contribution is 2.20. The molecule has 0 atom stereocenters. The maximum atomic E-state index is 4.27. The van der Waals surface area contributed by atoms with Gasteiger partial charge in [0.05, 0.1) is 5.69 Å². The van der Waals surface area contributed by atoms with Gasteiger partial charge in [-0.2, -0.15) is 0 Å². The number of aryl methyl sites for hydroxylation is 1. The van der Waals surface area contributed by atoms with E-state index in [1.807, 2.05) is 19.1 Å². The van der Waals surface area contributed by atoms with Gasteiger partial charge >= 0.3 is 0 Å². The molecular weight excluding hydrogens is 110 g/mol. The Morgan fingerprint density at radius 2 is 2.11 bits per heavy atom. The van der Waals surface area contributed by atoms with Crippen LogP contribution in [0.1, 0.15) is 17.0 Å². The summed E-state index contributed by atoms with van der Waals surface area (Å²) in [6.07, 6.45) is 4.10. The first-order valence-corrected chi connectivity index (χ1v) is 3.02. The Morgan fingerprint density at radius 1 is 1.22 bits per heavy atom. The molecule has 0 saturated heterocycles. The van der Waals surface area contributed by atoms with Crippen molar-refractivity contribution in [2.24, 2.45) is 0 Å². The van der Waals surface area contributed by atoms with E-state index in [9.17, 15) is 0 Å². The molecule has 0 fully saturated rings. The highest BCUT2D eigenvalue weighted by molar-refractivity contribution is 5.83. The Labute approximate surface area is 54.1 Å². The smallest absolute Gasteiger partial charge is 0.0705 e. The van der Waals surface area contributed by atoms with Crippen LogP contribution in [-0.2, 0) is 0 Å². The van der Waals surface area contributed by atoms with Crippen molar-refractivity contribution >= 4 is 12.2 Å². The predicted octanol–water partition coefficient (Wildman–Crippen LogP) is 1.87. The van der Waals surface area contributed by atoms with E-state index >= 15 is 0 Å². The van der Waals surface area contributed by atoms with Crippen molar-refractivity contribution in [3.8, 4) is 0 Å². The van der Waals surface area contributed by atoms with Crippen LogP contribution in [0.2, 0.25) is 0 Å². The summed E-state index contributed by atoms with van der Waals surface area (Å²) in [5.74, 6) is 0. The second kappa shape index (κ2) is 1.44. The van der Waals surface area contributed by atoms with Crippen LogP contribution < -0.4 is 0 Å². The molecule has 1 aromatic heterocycles. The monoisotopic (exact) mass is 117 g/mol. The Kier molecular flexibility index (Phi) is 0.758. The molecule has 0 saturated carbocycles. The fourth-order valence-corrected chi connectivity index (χ4v) is 0.934. The van der Waals surface area contributed by atoms with Gasteiger partial charge in [0.2, 0.25) is 0 Å². The molecule has 2 rings (SSSR count). The molecule has 0 unspecified atom stereocenters. The highest BCUT2D eigenvalue weighted by atomic mass is 14.7. The molecule has 0 bridgehead atoms. The number of fused-ring (bicyclic) bond motifs is 1. The van der Waals surface area contributed by atoms with Gasteiger partial charge in [0.25, 0.3) is 0 Å². The zero-order valence-electron chi connectivity index (χ0n) is 5.26. The van der Waals surface area contributed by atoms with Gasteiger partial charge in [-0.15, -0.1) is 0 Å². The van der Waals surface area contributed by atoms with Crippen LogP contribution in [0.5, 0.6) is 0 Å². The standard InChI is InChI=1S/C8H7N/c1-6-2-3-7-4-5-8(7)9-6/h2-5H,1H3. The molecule has 1 nitrogen and oxygen atoms in total. The summed E-state index contributed by atoms with van der Waals surface area (Å²) in [6.45, 7) is 2.01. The van der Waals surface area contributed by atoms with Gasteiger partial charge in [0.1, 0.15) is 0 Å². The number of rotatable bonds is 0. The second-order valence-electron chi connectivity index (χ2n) is 2.26. The molecular formula is C8H7N. The van der Waals surface area contributed by atoms with Crippen molar-refractivity contribution in [3.05, 3.63) is 29.1 Å². The summed E-state index contributed by atoms with van der Waals surface area (Å²) in [7, 11) is 0.